The van der Waals surface area contributed by atoms with Gasteiger partial charge < -0.3 is 36.3 Å². The summed E-state index contributed by atoms with van der Waals surface area (Å²) in [5.41, 5.74) is 19.8. The molecule has 3 atom stereocenters. The number of nitrogens with two attached hydrogens (primary N) is 2. The molecular formula is C83H123BrN8O6S2. The van der Waals surface area contributed by atoms with E-state index in [4.69, 9.17) is 42.1 Å². The van der Waals surface area contributed by atoms with E-state index in [0.29, 0.717) is 47.6 Å². The monoisotopic (exact) mass is 1470 g/mol. The summed E-state index contributed by atoms with van der Waals surface area (Å²) < 4.78 is 17.0. The van der Waals surface area contributed by atoms with Crippen molar-refractivity contribution in [3.63, 3.8) is 0 Å². The maximum atomic E-state index is 14.7. The lowest BCUT2D eigenvalue weighted by molar-refractivity contribution is -0.139. The van der Waals surface area contributed by atoms with E-state index in [1.807, 2.05) is 7.11 Å². The molecule has 6 spiro atoms. The van der Waals surface area contributed by atoms with E-state index in [9.17, 15) is 14.4 Å². The Kier molecular flexibility index (Phi) is 24.8. The fourth-order valence-electron chi connectivity index (χ4n) is 18.9. The highest BCUT2D eigenvalue weighted by Crippen LogP contribution is 2.65. The molecule has 9 aliphatic carbocycles. The summed E-state index contributed by atoms with van der Waals surface area (Å²) in [6, 6.07) is 20.8. The Morgan fingerprint density at radius 1 is 0.540 bits per heavy atom. The molecule has 0 aromatic heterocycles. The van der Waals surface area contributed by atoms with E-state index in [0.717, 1.165) is 168 Å². The molecule has 6 saturated carbocycles. The molecular weight excluding hydrogens is 1350 g/mol. The van der Waals surface area contributed by atoms with Crippen LogP contribution in [0.15, 0.2) is 64.6 Å². The van der Waals surface area contributed by atoms with Gasteiger partial charge >= 0.3 is 0 Å². The van der Waals surface area contributed by atoms with Gasteiger partial charge in [0.15, 0.2) is 32.9 Å². The van der Waals surface area contributed by atoms with Crippen molar-refractivity contribution in [2.75, 3.05) is 52.5 Å². The van der Waals surface area contributed by atoms with Crippen molar-refractivity contribution < 1.29 is 28.6 Å². The van der Waals surface area contributed by atoms with E-state index in [1.54, 1.807) is 30.9 Å². The normalized spacial score (nSPS) is 30.6. The number of benzene rings is 3. The SMILES string of the molecule is CC(C)CBr.CN.COC1CCC2(CC1)Cc1ccc(CCC3CC3)cc1C21N=C(N)N(CC(C)C)C1=O.COC1CCC2(CC1)Cc1ccc(CCC3CC3)cc1C21N=C(SCC(C)C)N(CC(C)C)C1=O.COC1CCC2(CC1)Cc1ccc(CCC3CC3)cc1C21NC(=S)NC1=O. The molecule has 3 aromatic rings. The Morgan fingerprint density at radius 3 is 1.28 bits per heavy atom. The summed E-state index contributed by atoms with van der Waals surface area (Å²) in [6.45, 7) is 18.9. The predicted octanol–water partition coefficient (Wildman–Crippen LogP) is 15.7. The minimum absolute atomic E-state index is 0.0430. The molecule has 3 aromatic carbocycles. The number of fused-ring (bicyclic) bond motifs is 9. The fraction of sp³-hybridized carbons (Fsp3) is 0.711. The van der Waals surface area contributed by atoms with Crippen LogP contribution in [0, 0.1) is 57.7 Å². The summed E-state index contributed by atoms with van der Waals surface area (Å²) in [7, 11) is 6.93. The zero-order valence-electron chi connectivity index (χ0n) is 63.0. The molecule has 17 heteroatoms. The van der Waals surface area contributed by atoms with Crippen molar-refractivity contribution in [3.8, 4) is 0 Å². The number of aliphatic imine (C=N–C) groups is 2. The summed E-state index contributed by atoms with van der Waals surface area (Å²) in [4.78, 5) is 56.6. The quantitative estimate of drug-likeness (QED) is 0.0661. The Labute approximate surface area is 618 Å². The molecule has 1 saturated heterocycles. The number of nitrogens with one attached hydrogen (secondary N) is 2. The van der Waals surface area contributed by atoms with Gasteiger partial charge in [-0.3, -0.25) is 24.2 Å². The second-order valence-corrected chi connectivity index (χ2v) is 36.0. The first-order valence-electron chi connectivity index (χ1n) is 38.9. The van der Waals surface area contributed by atoms with E-state index in [1.165, 1.54) is 109 Å². The van der Waals surface area contributed by atoms with Crippen LogP contribution in [0.5, 0.6) is 0 Å². The zero-order valence-corrected chi connectivity index (χ0v) is 66.2. The van der Waals surface area contributed by atoms with Gasteiger partial charge in [-0.05, 0) is 246 Å². The predicted molar refractivity (Wildman–Crippen MR) is 416 cm³/mol. The Bertz CT molecular complexity index is 3450. The molecule has 3 heterocycles. The number of halogens is 1. The maximum Gasteiger partial charge on any atom is 0.262 e. The second-order valence-electron chi connectivity index (χ2n) is 33.9. The third kappa shape index (κ3) is 15.4. The van der Waals surface area contributed by atoms with Crippen molar-refractivity contribution in [2.45, 2.75) is 264 Å². The first-order chi connectivity index (χ1) is 48.0. The fourth-order valence-corrected chi connectivity index (χ4v) is 20.1. The zero-order chi connectivity index (χ0) is 71.5. The van der Waals surface area contributed by atoms with Crippen molar-refractivity contribution in [2.24, 2.45) is 79.1 Å². The number of hydrogen-bond acceptors (Lipinski definition) is 12. The van der Waals surface area contributed by atoms with E-state index in [-0.39, 0.29) is 40.1 Å². The molecule has 7 fully saturated rings. The van der Waals surface area contributed by atoms with Gasteiger partial charge in [0.25, 0.3) is 17.7 Å². The van der Waals surface area contributed by atoms with E-state index in [2.05, 4.69) is 147 Å². The van der Waals surface area contributed by atoms with Gasteiger partial charge in [-0.25, -0.2) is 9.98 Å². The van der Waals surface area contributed by atoms with Crippen LogP contribution >= 0.6 is 39.9 Å². The summed E-state index contributed by atoms with van der Waals surface area (Å²) in [5, 5.41) is 8.93. The number of amidine groups is 1. The highest BCUT2D eigenvalue weighted by atomic mass is 79.9. The largest absolute Gasteiger partial charge is 0.381 e. The van der Waals surface area contributed by atoms with Crippen molar-refractivity contribution in [3.05, 3.63) is 105 Å². The smallest absolute Gasteiger partial charge is 0.262 e. The van der Waals surface area contributed by atoms with E-state index < -0.39 is 16.6 Å². The number of methoxy groups -OCH3 is 3. The van der Waals surface area contributed by atoms with Gasteiger partial charge in [0.1, 0.15) is 0 Å². The number of ether oxygens (including phenoxy) is 3. The average molecular weight is 1470 g/mol. The number of hydrogen-bond donors (Lipinski definition) is 4. The Morgan fingerprint density at radius 2 is 0.910 bits per heavy atom. The first kappa shape index (κ1) is 76.9. The number of guanidine groups is 1. The lowest BCUT2D eigenvalue weighted by atomic mass is 9.61. The number of nitrogens with zero attached hydrogens (tertiary/aromatic N) is 4. The van der Waals surface area contributed by atoms with Gasteiger partial charge in [0, 0.05) is 61.7 Å². The number of amides is 3. The summed E-state index contributed by atoms with van der Waals surface area (Å²) in [5.74, 6) is 6.64. The summed E-state index contributed by atoms with van der Waals surface area (Å²) >= 11 is 10.5. The lowest BCUT2D eigenvalue weighted by Gasteiger charge is -2.46. The van der Waals surface area contributed by atoms with Gasteiger partial charge in [-0.2, -0.15) is 0 Å². The highest BCUT2D eigenvalue weighted by Gasteiger charge is 2.69. The number of alkyl halides is 1. The minimum atomic E-state index is -0.852. The average Bonchev–Trinajstić information content (AvgIpc) is 1.54. The Hall–Kier alpha value is -4.23. The summed E-state index contributed by atoms with van der Waals surface area (Å²) in [6.07, 6.45) is 31.0. The van der Waals surface area contributed by atoms with Gasteiger partial charge in [-0.1, -0.05) is 176 Å². The Balaban J connectivity index is 0.000000145. The number of carbonyl (C=O) groups excluding carboxylic acids is 3. The van der Waals surface area contributed by atoms with Crippen LogP contribution in [0.2, 0.25) is 0 Å². The van der Waals surface area contributed by atoms with Crippen LogP contribution in [0.25, 0.3) is 0 Å². The third-order valence-electron chi connectivity index (χ3n) is 24.9. The topological polar surface area (TPSA) is 186 Å². The minimum Gasteiger partial charge on any atom is -0.381 e. The first-order valence-corrected chi connectivity index (χ1v) is 41.5. The molecule has 100 heavy (non-hydrogen) atoms. The second kappa shape index (κ2) is 32.2. The molecule has 3 unspecified atom stereocenters. The van der Waals surface area contributed by atoms with Gasteiger partial charge in [0.05, 0.1) is 18.3 Å². The van der Waals surface area contributed by atoms with Crippen molar-refractivity contribution in [1.29, 1.82) is 0 Å². The van der Waals surface area contributed by atoms with Gasteiger partial charge in [0.2, 0.25) is 0 Å². The molecule has 15 rings (SSSR count). The van der Waals surface area contributed by atoms with Crippen molar-refractivity contribution in [1.82, 2.24) is 20.4 Å². The van der Waals surface area contributed by atoms with E-state index >= 15 is 0 Å². The molecule has 3 amide bonds. The lowest BCUT2D eigenvalue weighted by Crippen LogP contribution is -2.56. The van der Waals surface area contributed by atoms with Crippen LogP contribution in [0.1, 0.15) is 240 Å². The van der Waals surface area contributed by atoms with Crippen LogP contribution < -0.4 is 22.1 Å². The third-order valence-corrected chi connectivity index (χ3v) is 27.8. The molecule has 550 valence electrons. The van der Waals surface area contributed by atoms with Crippen LogP contribution in [0.3, 0.4) is 0 Å². The maximum absolute atomic E-state index is 14.7. The number of thiocarbonyl (C=S) groups is 1. The number of aryl methyl sites for hydroxylation is 3. The number of carbonyl (C=O) groups is 3. The highest BCUT2D eigenvalue weighted by molar-refractivity contribution is 9.09. The van der Waals surface area contributed by atoms with Crippen molar-refractivity contribution >= 4 is 73.9 Å². The molecule has 3 aliphatic heterocycles. The van der Waals surface area contributed by atoms with Crippen LogP contribution in [0.4, 0.5) is 0 Å². The molecule has 14 nitrogen and oxygen atoms in total. The molecule has 0 bridgehead atoms. The standard InChI is InChI=1S/C30H44N2O2S.C26H37N3O2.C22H28N2O2S.C4H9Br.CH5N/c1-20(2)18-32-27(33)30(31-28(32)35-19-21(3)4)26-16-23(9-8-22-6-7-22)10-11-24(26)17-29(30)14-12-25(34-5)13-15-29;1-17(2)16-29-23(30)26(28-24(29)27)22-14-19(7-6-18-4-5-18)8-9-20(22)15-25(26)12-10-21(31-3)11-13-25;1-26-17-8-10-21(11-9-17)13-16-7-6-15(5-4-14-2-3-14)12-18(16)22(21)19(25)23-20(27)24-22;1-4(2)3-5;1-2/h10-11,16,20-22,25H,6-9,12-15,17-19H2,1-5H3;8-9,14,17-18,21H,4-7,10-13,15-16H2,1-3H3,(H2,27,28);6-7,12,14,17H,2-5,8-11,13H2,1H3,(H2,23,24,25,27);4H,3H2,1-2H3;2H2,1H3. The van der Waals surface area contributed by atoms with Crippen LogP contribution in [-0.2, 0) is 83.7 Å². The molecule has 6 N–H and O–H groups in total. The number of rotatable bonds is 19. The van der Waals surface area contributed by atoms with Crippen LogP contribution in [-0.4, -0.2) is 115 Å². The molecule has 0 radical (unpaired) electrons. The molecule has 12 aliphatic rings. The van der Waals surface area contributed by atoms with Gasteiger partial charge in [-0.15, -0.1) is 0 Å². The number of thioether (sulfide) groups is 1.